The van der Waals surface area contributed by atoms with E-state index in [0.717, 1.165) is 29.8 Å². The number of rotatable bonds is 5. The number of thioether (sulfide) groups is 1. The number of anilines is 1. The molecule has 0 aliphatic carbocycles. The highest BCUT2D eigenvalue weighted by molar-refractivity contribution is 8.00. The van der Waals surface area contributed by atoms with E-state index < -0.39 is 5.97 Å². The summed E-state index contributed by atoms with van der Waals surface area (Å²) in [5.41, 5.74) is 1.91. The van der Waals surface area contributed by atoms with Crippen LogP contribution < -0.4 is 4.90 Å². The molecule has 0 bridgehead atoms. The summed E-state index contributed by atoms with van der Waals surface area (Å²) in [7, 11) is 0. The standard InChI is InChI=1S/C15H19NO3S/c1-11-4-6-12(7-5-11)16(9-8-14(17)18)15(19)13-3-2-10-20-13/h4-7,13H,2-3,8-10H2,1H3,(H,17,18). The molecule has 1 aliphatic rings. The smallest absolute Gasteiger partial charge is 0.305 e. The van der Waals surface area contributed by atoms with Gasteiger partial charge in [0, 0.05) is 12.2 Å². The summed E-state index contributed by atoms with van der Waals surface area (Å²) in [5, 5.41) is 8.83. The second-order valence-electron chi connectivity index (χ2n) is 4.97. The number of aryl methyl sites for hydroxylation is 1. The van der Waals surface area contributed by atoms with E-state index >= 15 is 0 Å². The molecule has 108 valence electrons. The van der Waals surface area contributed by atoms with Crippen molar-refractivity contribution in [3.8, 4) is 0 Å². The van der Waals surface area contributed by atoms with Gasteiger partial charge in [-0.2, -0.15) is 0 Å². The van der Waals surface area contributed by atoms with Crippen molar-refractivity contribution in [2.75, 3.05) is 17.2 Å². The molecule has 1 amide bonds. The van der Waals surface area contributed by atoms with Gasteiger partial charge in [0.2, 0.25) is 5.91 Å². The third kappa shape index (κ3) is 3.76. The number of carboxylic acid groups (broad SMARTS) is 1. The van der Waals surface area contributed by atoms with E-state index in [1.165, 1.54) is 0 Å². The van der Waals surface area contributed by atoms with Gasteiger partial charge in [-0.3, -0.25) is 9.59 Å². The van der Waals surface area contributed by atoms with Gasteiger partial charge in [-0.15, -0.1) is 11.8 Å². The Balaban J connectivity index is 2.16. The molecule has 0 spiro atoms. The van der Waals surface area contributed by atoms with Crippen molar-refractivity contribution in [1.29, 1.82) is 0 Å². The van der Waals surface area contributed by atoms with Gasteiger partial charge in [-0.25, -0.2) is 0 Å². The fraction of sp³-hybridized carbons (Fsp3) is 0.467. The van der Waals surface area contributed by atoms with Gasteiger partial charge >= 0.3 is 5.97 Å². The Hall–Kier alpha value is -1.49. The van der Waals surface area contributed by atoms with Crippen molar-refractivity contribution >= 4 is 29.3 Å². The summed E-state index contributed by atoms with van der Waals surface area (Å²) in [6.07, 6.45) is 1.91. The molecule has 1 aliphatic heterocycles. The van der Waals surface area contributed by atoms with Crippen molar-refractivity contribution in [3.05, 3.63) is 29.8 Å². The predicted octanol–water partition coefficient (Wildman–Crippen LogP) is 2.70. The second kappa shape index (κ2) is 6.79. The molecule has 1 N–H and O–H groups in total. The van der Waals surface area contributed by atoms with E-state index in [9.17, 15) is 9.59 Å². The number of amides is 1. The van der Waals surface area contributed by atoms with Crippen LogP contribution >= 0.6 is 11.8 Å². The number of carbonyl (C=O) groups excluding carboxylic acids is 1. The summed E-state index contributed by atoms with van der Waals surface area (Å²) in [6, 6.07) is 7.65. The number of benzene rings is 1. The number of aliphatic carboxylic acids is 1. The first-order valence-corrected chi connectivity index (χ1v) is 7.84. The highest BCUT2D eigenvalue weighted by Gasteiger charge is 2.28. The van der Waals surface area contributed by atoms with Gasteiger partial charge < -0.3 is 10.0 Å². The first-order valence-electron chi connectivity index (χ1n) is 6.79. The molecule has 20 heavy (non-hydrogen) atoms. The topological polar surface area (TPSA) is 57.6 Å². The van der Waals surface area contributed by atoms with E-state index in [-0.39, 0.29) is 24.1 Å². The molecule has 4 nitrogen and oxygen atoms in total. The molecule has 1 atom stereocenters. The molecule has 5 heteroatoms. The Bertz CT molecular complexity index is 480. The Morgan fingerprint density at radius 1 is 1.35 bits per heavy atom. The third-order valence-electron chi connectivity index (χ3n) is 3.37. The molecule has 0 radical (unpaired) electrons. The lowest BCUT2D eigenvalue weighted by atomic mass is 10.1. The van der Waals surface area contributed by atoms with Crippen LogP contribution in [0.25, 0.3) is 0 Å². The minimum Gasteiger partial charge on any atom is -0.481 e. The summed E-state index contributed by atoms with van der Waals surface area (Å²) in [6.45, 7) is 2.22. The molecular weight excluding hydrogens is 274 g/mol. The van der Waals surface area contributed by atoms with Crippen LogP contribution in [0.5, 0.6) is 0 Å². The van der Waals surface area contributed by atoms with E-state index in [1.807, 2.05) is 31.2 Å². The second-order valence-corrected chi connectivity index (χ2v) is 6.28. The monoisotopic (exact) mass is 293 g/mol. The van der Waals surface area contributed by atoms with Crippen molar-refractivity contribution in [2.45, 2.75) is 31.4 Å². The van der Waals surface area contributed by atoms with Crippen LogP contribution in [-0.2, 0) is 9.59 Å². The van der Waals surface area contributed by atoms with Crippen LogP contribution in [0.15, 0.2) is 24.3 Å². The number of nitrogens with zero attached hydrogens (tertiary/aromatic N) is 1. The molecule has 1 fully saturated rings. The highest BCUT2D eigenvalue weighted by atomic mass is 32.2. The maximum absolute atomic E-state index is 12.6. The molecule has 1 aromatic rings. The van der Waals surface area contributed by atoms with Crippen molar-refractivity contribution < 1.29 is 14.7 Å². The summed E-state index contributed by atoms with van der Waals surface area (Å²) < 4.78 is 0. The van der Waals surface area contributed by atoms with Crippen LogP contribution in [0.2, 0.25) is 0 Å². The molecule has 0 saturated carbocycles. The van der Waals surface area contributed by atoms with Gasteiger partial charge in [0.05, 0.1) is 11.7 Å². The molecule has 1 saturated heterocycles. The van der Waals surface area contributed by atoms with Gasteiger partial charge in [0.15, 0.2) is 0 Å². The quantitative estimate of drug-likeness (QED) is 0.907. The van der Waals surface area contributed by atoms with Crippen LogP contribution in [0, 0.1) is 6.92 Å². The molecule has 1 unspecified atom stereocenters. The van der Waals surface area contributed by atoms with Gasteiger partial charge in [-0.1, -0.05) is 17.7 Å². The largest absolute Gasteiger partial charge is 0.481 e. The maximum atomic E-state index is 12.6. The van der Waals surface area contributed by atoms with Crippen LogP contribution in [0.3, 0.4) is 0 Å². The number of carboxylic acids is 1. The lowest BCUT2D eigenvalue weighted by Gasteiger charge is -2.25. The Morgan fingerprint density at radius 2 is 2.05 bits per heavy atom. The molecule has 1 aromatic carbocycles. The fourth-order valence-electron chi connectivity index (χ4n) is 2.24. The van der Waals surface area contributed by atoms with E-state index in [1.54, 1.807) is 16.7 Å². The third-order valence-corrected chi connectivity index (χ3v) is 4.73. The van der Waals surface area contributed by atoms with Crippen molar-refractivity contribution in [2.24, 2.45) is 0 Å². The SMILES string of the molecule is Cc1ccc(N(CCC(=O)O)C(=O)C2CCCS2)cc1. The molecule has 0 aromatic heterocycles. The first-order chi connectivity index (χ1) is 9.58. The zero-order chi connectivity index (χ0) is 14.5. The minimum atomic E-state index is -0.881. The van der Waals surface area contributed by atoms with E-state index in [0.29, 0.717) is 0 Å². The normalized spacial score (nSPS) is 17.9. The first kappa shape index (κ1) is 14.9. The Labute approximate surface area is 123 Å². The number of carbonyl (C=O) groups is 2. The zero-order valence-electron chi connectivity index (χ0n) is 11.5. The van der Waals surface area contributed by atoms with Gasteiger partial charge in [0.1, 0.15) is 0 Å². The lowest BCUT2D eigenvalue weighted by Crippen LogP contribution is -2.38. The lowest BCUT2D eigenvalue weighted by molar-refractivity contribution is -0.136. The zero-order valence-corrected chi connectivity index (χ0v) is 12.4. The van der Waals surface area contributed by atoms with Crippen LogP contribution in [0.1, 0.15) is 24.8 Å². The Kier molecular flexibility index (Phi) is 5.06. The number of hydrogen-bond acceptors (Lipinski definition) is 3. The summed E-state index contributed by atoms with van der Waals surface area (Å²) in [5.74, 6) is 0.170. The van der Waals surface area contributed by atoms with E-state index in [2.05, 4.69) is 0 Å². The number of hydrogen-bond donors (Lipinski definition) is 1. The van der Waals surface area contributed by atoms with Crippen molar-refractivity contribution in [1.82, 2.24) is 0 Å². The minimum absolute atomic E-state index is 0.0231. The fourth-order valence-corrected chi connectivity index (χ4v) is 3.47. The van der Waals surface area contributed by atoms with Gasteiger partial charge in [-0.05, 0) is 37.7 Å². The van der Waals surface area contributed by atoms with Crippen molar-refractivity contribution in [3.63, 3.8) is 0 Å². The molecule has 2 rings (SSSR count). The average molecular weight is 293 g/mol. The predicted molar refractivity (Wildman–Crippen MR) is 81.3 cm³/mol. The van der Waals surface area contributed by atoms with Gasteiger partial charge in [0.25, 0.3) is 0 Å². The maximum Gasteiger partial charge on any atom is 0.305 e. The Morgan fingerprint density at radius 3 is 2.60 bits per heavy atom. The summed E-state index contributed by atoms with van der Waals surface area (Å²) in [4.78, 5) is 25.0. The van der Waals surface area contributed by atoms with Crippen LogP contribution in [-0.4, -0.2) is 34.5 Å². The summed E-state index contributed by atoms with van der Waals surface area (Å²) >= 11 is 1.67. The van der Waals surface area contributed by atoms with Crippen LogP contribution in [0.4, 0.5) is 5.69 Å². The average Bonchev–Trinajstić information content (AvgIpc) is 2.94. The molecule has 1 heterocycles. The molecular formula is C15H19NO3S. The van der Waals surface area contributed by atoms with E-state index in [4.69, 9.17) is 5.11 Å². The highest BCUT2D eigenvalue weighted by Crippen LogP contribution is 2.29.